The van der Waals surface area contributed by atoms with E-state index in [4.69, 9.17) is 11.6 Å². The minimum atomic E-state index is -3.40. The predicted octanol–water partition coefficient (Wildman–Crippen LogP) is 5.08. The van der Waals surface area contributed by atoms with Crippen LogP contribution in [-0.2, 0) is 10.0 Å². The topological polar surface area (TPSA) is 82.3 Å². The van der Waals surface area contributed by atoms with Gasteiger partial charge in [0.25, 0.3) is 0 Å². The number of hydrogen-bond acceptors (Lipinski definition) is 4. The molecule has 9 heteroatoms. The van der Waals surface area contributed by atoms with Crippen molar-refractivity contribution in [2.24, 2.45) is 0 Å². The molecule has 0 saturated heterocycles. The summed E-state index contributed by atoms with van der Waals surface area (Å²) in [4.78, 5) is 18.0. The number of anilines is 1. The summed E-state index contributed by atoms with van der Waals surface area (Å²) in [5, 5.41) is 0.586. The molecule has 0 aliphatic heterocycles. The van der Waals surface area contributed by atoms with E-state index in [-0.39, 0.29) is 29.9 Å². The van der Waals surface area contributed by atoms with Gasteiger partial charge in [-0.3, -0.25) is 9.52 Å². The summed E-state index contributed by atoms with van der Waals surface area (Å²) in [7, 11) is 0.272. The lowest BCUT2D eigenvalue weighted by atomic mass is 9.97. The first-order valence-electron chi connectivity index (χ1n) is 10.3. The van der Waals surface area contributed by atoms with Crippen LogP contribution in [0.15, 0.2) is 54.6 Å². The number of ketones is 1. The summed E-state index contributed by atoms with van der Waals surface area (Å²) in [6.07, 6.45) is 0. The number of nitrogens with one attached hydrogen (secondary N) is 2. The van der Waals surface area contributed by atoms with Gasteiger partial charge in [-0.2, -0.15) is 0 Å². The normalized spacial score (nSPS) is 12.3. The van der Waals surface area contributed by atoms with Crippen molar-refractivity contribution in [3.05, 3.63) is 87.7 Å². The van der Waals surface area contributed by atoms with Gasteiger partial charge in [-0.25, -0.2) is 8.42 Å². The van der Waals surface area contributed by atoms with Crippen molar-refractivity contribution in [3.63, 3.8) is 0 Å². The summed E-state index contributed by atoms with van der Waals surface area (Å²) in [5.74, 6) is -0.0513. The van der Waals surface area contributed by atoms with E-state index < -0.39 is 10.0 Å². The molecule has 0 spiro atoms. The quantitative estimate of drug-likeness (QED) is 0.393. The van der Waals surface area contributed by atoms with Gasteiger partial charge in [-0.05, 0) is 74.6 Å². The summed E-state index contributed by atoms with van der Waals surface area (Å²) in [6.45, 7) is 4.40. The lowest BCUT2D eigenvalue weighted by Gasteiger charge is -2.14. The Morgan fingerprint density at radius 3 is 2.27 bits per heavy atom. The van der Waals surface area contributed by atoms with E-state index in [1.54, 1.807) is 36.4 Å². The van der Waals surface area contributed by atoms with E-state index in [1.807, 2.05) is 51.0 Å². The molecule has 0 aliphatic rings. The molecule has 2 N–H and O–H groups in total. The van der Waals surface area contributed by atoms with Crippen molar-refractivity contribution in [3.8, 4) is 0 Å². The van der Waals surface area contributed by atoms with Crippen molar-refractivity contribution in [2.75, 3.05) is 31.1 Å². The third kappa shape index (κ3) is 7.08. The second kappa shape index (κ2) is 11.2. The molecule has 33 heavy (non-hydrogen) atoms. The molecular formula is C24H29Cl2N3O3S. The smallest absolute Gasteiger partial charge is 0.233 e. The van der Waals surface area contributed by atoms with Crippen LogP contribution in [0.4, 0.5) is 5.69 Å². The highest BCUT2D eigenvalue weighted by Gasteiger charge is 2.19. The van der Waals surface area contributed by atoms with Crippen LogP contribution in [0, 0.1) is 6.92 Å². The lowest BCUT2D eigenvalue weighted by molar-refractivity contribution is 0.103. The van der Waals surface area contributed by atoms with Crippen LogP contribution in [0.25, 0.3) is 0 Å². The number of hydrogen-bond donors (Lipinski definition) is 2. The number of aromatic amines is 1. The standard InChI is InChI=1S/C24H28ClN3O3S.ClH/c1-16-15-22(26-23(16)24(29)19-5-9-20(25)10-6-19)17(2)18-7-11-21(12-8-18)27-32(30,31)14-13-28(3)4;/h5-12,15,17,26-27H,13-14H2,1-4H3;1H. The Kier molecular flexibility index (Phi) is 9.14. The molecule has 3 aromatic rings. The molecule has 3 rings (SSSR count). The molecule has 1 atom stereocenters. The molecule has 0 saturated carbocycles. The Hall–Kier alpha value is -2.32. The van der Waals surface area contributed by atoms with Crippen molar-refractivity contribution < 1.29 is 13.2 Å². The highest BCUT2D eigenvalue weighted by Crippen LogP contribution is 2.27. The highest BCUT2D eigenvalue weighted by molar-refractivity contribution is 7.92. The molecule has 0 bridgehead atoms. The minimum absolute atomic E-state index is 0. The average molecular weight is 510 g/mol. The van der Waals surface area contributed by atoms with Gasteiger partial charge < -0.3 is 9.88 Å². The van der Waals surface area contributed by atoms with Crippen LogP contribution in [0.1, 0.15) is 45.7 Å². The van der Waals surface area contributed by atoms with Crippen LogP contribution in [-0.4, -0.2) is 50.5 Å². The zero-order chi connectivity index (χ0) is 23.5. The fraction of sp³-hybridized carbons (Fsp3) is 0.292. The second-order valence-electron chi connectivity index (χ2n) is 8.19. The van der Waals surface area contributed by atoms with E-state index >= 15 is 0 Å². The van der Waals surface area contributed by atoms with Gasteiger partial charge in [-0.15, -0.1) is 12.4 Å². The van der Waals surface area contributed by atoms with Crippen molar-refractivity contribution >= 4 is 45.5 Å². The first-order chi connectivity index (χ1) is 15.1. The van der Waals surface area contributed by atoms with Gasteiger partial charge in [0.15, 0.2) is 0 Å². The molecule has 1 unspecified atom stereocenters. The summed E-state index contributed by atoms with van der Waals surface area (Å²) in [5.41, 5.74) is 4.45. The number of nitrogens with zero attached hydrogens (tertiary/aromatic N) is 1. The zero-order valence-electron chi connectivity index (χ0n) is 19.1. The molecule has 0 aliphatic carbocycles. The number of halogens is 2. The maximum Gasteiger partial charge on any atom is 0.233 e. The van der Waals surface area contributed by atoms with E-state index in [0.29, 0.717) is 28.5 Å². The Balaban J connectivity index is 0.00000385. The van der Waals surface area contributed by atoms with Crippen LogP contribution >= 0.6 is 24.0 Å². The van der Waals surface area contributed by atoms with Crippen LogP contribution in [0.5, 0.6) is 0 Å². The van der Waals surface area contributed by atoms with Gasteiger partial charge in [0, 0.05) is 34.4 Å². The SMILES string of the molecule is Cc1cc(C(C)c2ccc(NS(=O)(=O)CCN(C)C)cc2)[nH]c1C(=O)c1ccc(Cl)cc1.Cl. The Morgan fingerprint density at radius 2 is 1.70 bits per heavy atom. The van der Waals surface area contributed by atoms with Crippen molar-refractivity contribution in [2.45, 2.75) is 19.8 Å². The fourth-order valence-electron chi connectivity index (χ4n) is 3.35. The molecule has 0 radical (unpaired) electrons. The van der Waals surface area contributed by atoms with Gasteiger partial charge >= 0.3 is 0 Å². The molecule has 6 nitrogen and oxygen atoms in total. The minimum Gasteiger partial charge on any atom is -0.355 e. The number of benzene rings is 2. The summed E-state index contributed by atoms with van der Waals surface area (Å²) < 4.78 is 27.0. The largest absolute Gasteiger partial charge is 0.355 e. The highest BCUT2D eigenvalue weighted by atomic mass is 35.5. The Morgan fingerprint density at radius 1 is 1.09 bits per heavy atom. The zero-order valence-corrected chi connectivity index (χ0v) is 21.4. The molecule has 2 aromatic carbocycles. The number of aromatic nitrogens is 1. The first kappa shape index (κ1) is 26.9. The molecule has 1 heterocycles. The maximum atomic E-state index is 12.9. The number of aryl methyl sites for hydroxylation is 1. The van der Waals surface area contributed by atoms with E-state index in [9.17, 15) is 13.2 Å². The molecule has 1 aromatic heterocycles. The van der Waals surface area contributed by atoms with E-state index in [2.05, 4.69) is 9.71 Å². The Labute approximate surface area is 206 Å². The number of rotatable bonds is 9. The third-order valence-electron chi connectivity index (χ3n) is 5.33. The first-order valence-corrected chi connectivity index (χ1v) is 12.3. The van der Waals surface area contributed by atoms with E-state index in [1.165, 1.54) is 0 Å². The van der Waals surface area contributed by atoms with E-state index in [0.717, 1.165) is 16.8 Å². The van der Waals surface area contributed by atoms with Gasteiger partial charge in [-0.1, -0.05) is 30.7 Å². The Bertz CT molecular complexity index is 1190. The number of carbonyl (C=O) groups is 1. The monoisotopic (exact) mass is 509 g/mol. The van der Waals surface area contributed by atoms with Crippen molar-refractivity contribution in [1.82, 2.24) is 9.88 Å². The number of carbonyl (C=O) groups excluding carboxylic acids is 1. The predicted molar refractivity (Wildman–Crippen MR) is 138 cm³/mol. The molecule has 0 fully saturated rings. The van der Waals surface area contributed by atoms with Gasteiger partial charge in [0.1, 0.15) is 0 Å². The van der Waals surface area contributed by atoms with Crippen molar-refractivity contribution in [1.29, 1.82) is 0 Å². The molecule has 0 amide bonds. The lowest BCUT2D eigenvalue weighted by Crippen LogP contribution is -2.26. The average Bonchev–Trinajstić information content (AvgIpc) is 3.14. The summed E-state index contributed by atoms with van der Waals surface area (Å²) in [6, 6.07) is 16.1. The van der Waals surface area contributed by atoms with Gasteiger partial charge in [0.2, 0.25) is 15.8 Å². The number of sulfonamides is 1. The third-order valence-corrected chi connectivity index (χ3v) is 6.85. The molecular weight excluding hydrogens is 481 g/mol. The van der Waals surface area contributed by atoms with Crippen LogP contribution < -0.4 is 4.72 Å². The van der Waals surface area contributed by atoms with Gasteiger partial charge in [0.05, 0.1) is 11.4 Å². The fourth-order valence-corrected chi connectivity index (χ4v) is 4.68. The maximum absolute atomic E-state index is 12.9. The summed E-state index contributed by atoms with van der Waals surface area (Å²) >= 11 is 5.92. The number of H-pyrrole nitrogens is 1. The molecule has 178 valence electrons. The van der Waals surface area contributed by atoms with Crippen LogP contribution in [0.2, 0.25) is 5.02 Å². The second-order valence-corrected chi connectivity index (χ2v) is 10.5. The van der Waals surface area contributed by atoms with Crippen LogP contribution in [0.3, 0.4) is 0 Å².